The van der Waals surface area contributed by atoms with Crippen molar-refractivity contribution in [3.8, 4) is 0 Å². The van der Waals surface area contributed by atoms with Gasteiger partial charge in [0.25, 0.3) is 0 Å². The van der Waals surface area contributed by atoms with Crippen LogP contribution in [-0.4, -0.2) is 18.4 Å². The van der Waals surface area contributed by atoms with Crippen molar-refractivity contribution >= 4 is 5.69 Å². The highest BCUT2D eigenvalue weighted by Gasteiger charge is 2.17. The van der Waals surface area contributed by atoms with E-state index in [9.17, 15) is 5.21 Å². The maximum Gasteiger partial charge on any atom is 0.184 e. The molecule has 76 valence electrons. The zero-order chi connectivity index (χ0) is 9.97. The van der Waals surface area contributed by atoms with Crippen LogP contribution in [0.5, 0.6) is 0 Å². The van der Waals surface area contributed by atoms with Gasteiger partial charge in [-0.25, -0.2) is 0 Å². The number of anilines is 1. The molecular formula is C9H10NO4-. The third-order valence-electron chi connectivity index (χ3n) is 2.01. The average molecular weight is 196 g/mol. The average Bonchev–Trinajstić information content (AvgIpc) is 2.71. The second-order valence-corrected chi connectivity index (χ2v) is 2.94. The van der Waals surface area contributed by atoms with Gasteiger partial charge >= 0.3 is 0 Å². The summed E-state index contributed by atoms with van der Waals surface area (Å²) in [5, 5.41) is 18.9. The molecule has 0 bridgehead atoms. The minimum Gasteiger partial charge on any atom is -0.733 e. The summed E-state index contributed by atoms with van der Waals surface area (Å²) in [7, 11) is 0. The Hall–Kier alpha value is -1.14. The summed E-state index contributed by atoms with van der Waals surface area (Å²) < 4.78 is 10.5. The fraction of sp³-hybridized carbons (Fsp3) is 0.333. The molecule has 14 heavy (non-hydrogen) atoms. The van der Waals surface area contributed by atoms with Gasteiger partial charge in [0, 0.05) is 5.56 Å². The molecule has 1 aliphatic rings. The molecule has 0 atom stereocenters. The van der Waals surface area contributed by atoms with Crippen molar-refractivity contribution in [3.63, 3.8) is 0 Å². The fourth-order valence-electron chi connectivity index (χ4n) is 1.31. The van der Waals surface area contributed by atoms with Crippen LogP contribution in [0.1, 0.15) is 11.9 Å². The molecule has 2 rings (SSSR count). The van der Waals surface area contributed by atoms with Crippen molar-refractivity contribution in [2.75, 3.05) is 18.4 Å². The first-order valence-corrected chi connectivity index (χ1v) is 4.26. The van der Waals surface area contributed by atoms with Gasteiger partial charge < -0.3 is 19.9 Å². The zero-order valence-electron chi connectivity index (χ0n) is 7.42. The molecule has 0 amide bonds. The summed E-state index contributed by atoms with van der Waals surface area (Å²) in [4.78, 5) is 0. The van der Waals surface area contributed by atoms with Crippen LogP contribution in [-0.2, 0) is 9.47 Å². The number of benzene rings is 1. The van der Waals surface area contributed by atoms with E-state index in [4.69, 9.17) is 14.7 Å². The first-order valence-electron chi connectivity index (χ1n) is 4.26. The fourth-order valence-corrected chi connectivity index (χ4v) is 1.31. The second kappa shape index (κ2) is 3.93. The molecule has 5 nitrogen and oxygen atoms in total. The first-order chi connectivity index (χ1) is 6.77. The summed E-state index contributed by atoms with van der Waals surface area (Å²) in [6.07, 6.45) is -0.345. The standard InChI is InChI=1S/C9H10NO4/c11-10(12)8-3-1-7(2-4-8)9-13-5-6-14-9/h1-4,9,11H,5-6H2/q-1. The summed E-state index contributed by atoms with van der Waals surface area (Å²) in [5.74, 6) is 0. The zero-order valence-corrected chi connectivity index (χ0v) is 7.42. The molecule has 0 aliphatic carbocycles. The predicted octanol–water partition coefficient (Wildman–Crippen LogP) is 1.43. The van der Waals surface area contributed by atoms with Crippen LogP contribution in [0.4, 0.5) is 5.69 Å². The van der Waals surface area contributed by atoms with Crippen molar-refractivity contribution in [3.05, 3.63) is 35.0 Å². The molecule has 1 aromatic rings. The van der Waals surface area contributed by atoms with Gasteiger partial charge in [-0.05, 0) is 12.1 Å². The summed E-state index contributed by atoms with van der Waals surface area (Å²) in [6.45, 7) is 1.17. The lowest BCUT2D eigenvalue weighted by Gasteiger charge is -2.21. The Morgan fingerprint density at radius 2 is 1.79 bits per heavy atom. The molecule has 1 heterocycles. The van der Waals surface area contributed by atoms with Crippen LogP contribution in [0.2, 0.25) is 0 Å². The van der Waals surface area contributed by atoms with Gasteiger partial charge in [0.2, 0.25) is 0 Å². The molecule has 1 saturated heterocycles. The Balaban J connectivity index is 2.12. The molecule has 0 aromatic heterocycles. The van der Waals surface area contributed by atoms with Crippen LogP contribution < -0.4 is 5.23 Å². The smallest absolute Gasteiger partial charge is 0.184 e. The van der Waals surface area contributed by atoms with Gasteiger partial charge in [-0.15, -0.1) is 0 Å². The number of nitrogens with zero attached hydrogens (tertiary/aromatic N) is 1. The van der Waals surface area contributed by atoms with Gasteiger partial charge in [0.05, 0.1) is 18.9 Å². The van der Waals surface area contributed by atoms with Crippen molar-refractivity contribution in [1.82, 2.24) is 0 Å². The van der Waals surface area contributed by atoms with Crippen LogP contribution in [0.3, 0.4) is 0 Å². The van der Waals surface area contributed by atoms with Gasteiger partial charge in [-0.1, -0.05) is 12.1 Å². The van der Waals surface area contributed by atoms with Crippen molar-refractivity contribution in [2.45, 2.75) is 6.29 Å². The Bertz CT molecular complexity index is 292. The Morgan fingerprint density at radius 1 is 1.21 bits per heavy atom. The van der Waals surface area contributed by atoms with Crippen molar-refractivity contribution in [1.29, 1.82) is 0 Å². The number of hydrogen-bond donors (Lipinski definition) is 1. The lowest BCUT2D eigenvalue weighted by atomic mass is 10.2. The topological polar surface area (TPSA) is 65.0 Å². The van der Waals surface area contributed by atoms with Crippen LogP contribution >= 0.6 is 0 Å². The minimum absolute atomic E-state index is 0.180. The Morgan fingerprint density at radius 3 is 2.29 bits per heavy atom. The van der Waals surface area contributed by atoms with E-state index in [1.165, 1.54) is 12.1 Å². The van der Waals surface area contributed by atoms with Gasteiger partial charge in [0.1, 0.15) is 0 Å². The highest BCUT2D eigenvalue weighted by atomic mass is 16.8. The summed E-state index contributed by atoms with van der Waals surface area (Å²) >= 11 is 0. The molecule has 0 spiro atoms. The van der Waals surface area contributed by atoms with E-state index in [1.54, 1.807) is 12.1 Å². The van der Waals surface area contributed by atoms with Gasteiger partial charge in [-0.3, -0.25) is 5.21 Å². The number of hydrogen-bond acceptors (Lipinski definition) is 5. The highest BCUT2D eigenvalue weighted by Crippen LogP contribution is 2.24. The number of ether oxygens (including phenoxy) is 2. The molecule has 0 unspecified atom stereocenters. The quantitative estimate of drug-likeness (QED) is 0.725. The van der Waals surface area contributed by atoms with Crippen LogP contribution in [0, 0.1) is 5.21 Å². The molecule has 1 aromatic carbocycles. The molecule has 1 aliphatic heterocycles. The largest absolute Gasteiger partial charge is 0.733 e. The van der Waals surface area contributed by atoms with E-state index >= 15 is 0 Å². The van der Waals surface area contributed by atoms with E-state index in [1.807, 2.05) is 0 Å². The molecule has 1 fully saturated rings. The van der Waals surface area contributed by atoms with E-state index < -0.39 is 0 Å². The van der Waals surface area contributed by atoms with E-state index in [0.717, 1.165) is 5.56 Å². The highest BCUT2D eigenvalue weighted by molar-refractivity contribution is 5.45. The second-order valence-electron chi connectivity index (χ2n) is 2.94. The molecule has 0 saturated carbocycles. The molecular weight excluding hydrogens is 186 g/mol. The van der Waals surface area contributed by atoms with Crippen molar-refractivity contribution in [2.24, 2.45) is 0 Å². The third kappa shape index (κ3) is 1.85. The lowest BCUT2D eigenvalue weighted by Crippen LogP contribution is -2.07. The third-order valence-corrected chi connectivity index (χ3v) is 2.01. The molecule has 1 N–H and O–H groups in total. The van der Waals surface area contributed by atoms with E-state index in [-0.39, 0.29) is 17.2 Å². The van der Waals surface area contributed by atoms with E-state index in [2.05, 4.69) is 0 Å². The SMILES string of the molecule is [O-]N(O)c1ccc(C2OCCO2)cc1. The van der Waals surface area contributed by atoms with Gasteiger partial charge in [-0.2, -0.15) is 0 Å². The van der Waals surface area contributed by atoms with Crippen molar-refractivity contribution < 1.29 is 14.7 Å². The summed E-state index contributed by atoms with van der Waals surface area (Å²) in [6, 6.07) is 6.39. The monoisotopic (exact) mass is 196 g/mol. The van der Waals surface area contributed by atoms with E-state index in [0.29, 0.717) is 13.2 Å². The first kappa shape index (κ1) is 9.42. The maximum atomic E-state index is 10.5. The lowest BCUT2D eigenvalue weighted by molar-refractivity contribution is -0.0441. The minimum atomic E-state index is -0.345. The normalized spacial score (nSPS) is 17.3. The number of rotatable bonds is 2. The maximum absolute atomic E-state index is 10.5. The van der Waals surface area contributed by atoms with Gasteiger partial charge in [0.15, 0.2) is 6.29 Å². The summed E-state index contributed by atoms with van der Waals surface area (Å²) in [5.41, 5.74) is 1.03. The predicted molar refractivity (Wildman–Crippen MR) is 48.7 cm³/mol. The molecule has 0 radical (unpaired) electrons. The Kier molecular flexibility index (Phi) is 2.64. The molecule has 5 heteroatoms. The van der Waals surface area contributed by atoms with Crippen LogP contribution in [0.15, 0.2) is 24.3 Å². The Labute approximate surface area is 81.0 Å². The van der Waals surface area contributed by atoms with Crippen LogP contribution in [0.25, 0.3) is 0 Å².